The predicted octanol–water partition coefficient (Wildman–Crippen LogP) is 2.92. The molecule has 0 fully saturated rings. The Balaban J connectivity index is 1.98. The first-order chi connectivity index (χ1) is 9.65. The summed E-state index contributed by atoms with van der Waals surface area (Å²) in [6.45, 7) is 0.998. The number of carbonyl (C=O) groups is 1. The van der Waals surface area contributed by atoms with Gasteiger partial charge < -0.3 is 15.2 Å². The van der Waals surface area contributed by atoms with Gasteiger partial charge in [-0.05, 0) is 36.4 Å². The van der Waals surface area contributed by atoms with E-state index in [-0.39, 0.29) is 5.78 Å². The number of anilines is 1. The minimum Gasteiger partial charge on any atom is -0.486 e. The molecule has 0 amide bonds. The van der Waals surface area contributed by atoms with E-state index < -0.39 is 0 Å². The summed E-state index contributed by atoms with van der Waals surface area (Å²) in [7, 11) is 0. The fraction of sp³-hybridized carbons (Fsp3) is 0.133. The number of halogens is 1. The van der Waals surface area contributed by atoms with Crippen LogP contribution in [0.25, 0.3) is 0 Å². The van der Waals surface area contributed by atoms with Gasteiger partial charge in [0.1, 0.15) is 13.2 Å². The van der Waals surface area contributed by atoms with Crippen LogP contribution in [0.1, 0.15) is 15.9 Å². The van der Waals surface area contributed by atoms with Gasteiger partial charge in [-0.2, -0.15) is 0 Å². The van der Waals surface area contributed by atoms with Gasteiger partial charge >= 0.3 is 0 Å². The Hall–Kier alpha value is -2.20. The van der Waals surface area contributed by atoms with Crippen LogP contribution in [0.5, 0.6) is 11.5 Å². The second-order valence-corrected chi connectivity index (χ2v) is 4.86. The Bertz CT molecular complexity index is 685. The van der Waals surface area contributed by atoms with Crippen molar-refractivity contribution < 1.29 is 14.3 Å². The lowest BCUT2D eigenvalue weighted by Crippen LogP contribution is -2.16. The normalized spacial score (nSPS) is 13.1. The lowest BCUT2D eigenvalue weighted by atomic mass is 10.0. The van der Waals surface area contributed by atoms with Crippen molar-refractivity contribution in [2.75, 3.05) is 18.9 Å². The highest BCUT2D eigenvalue weighted by Crippen LogP contribution is 2.32. The lowest BCUT2D eigenvalue weighted by Gasteiger charge is -2.18. The van der Waals surface area contributed by atoms with Crippen molar-refractivity contribution in [2.24, 2.45) is 0 Å². The van der Waals surface area contributed by atoms with E-state index in [0.717, 1.165) is 0 Å². The molecule has 2 aromatic carbocycles. The zero-order chi connectivity index (χ0) is 14.1. The molecule has 1 heterocycles. The van der Waals surface area contributed by atoms with E-state index in [1.807, 2.05) is 0 Å². The molecule has 2 aromatic rings. The Labute approximate surface area is 121 Å². The molecule has 0 unspecified atom stereocenters. The molecule has 0 aromatic heterocycles. The third-order valence-electron chi connectivity index (χ3n) is 3.06. The molecule has 3 rings (SSSR count). The number of ketones is 1. The van der Waals surface area contributed by atoms with E-state index in [2.05, 4.69) is 0 Å². The van der Waals surface area contributed by atoms with Crippen LogP contribution in [0.4, 0.5) is 5.69 Å². The SMILES string of the molecule is Nc1cc(Cl)ccc1C(=O)c1ccc2c(c1)OCCO2. The predicted molar refractivity (Wildman–Crippen MR) is 76.7 cm³/mol. The van der Waals surface area contributed by atoms with E-state index in [0.29, 0.717) is 46.5 Å². The molecule has 0 bridgehead atoms. The van der Waals surface area contributed by atoms with Crippen molar-refractivity contribution in [3.05, 3.63) is 52.5 Å². The number of hydrogen-bond acceptors (Lipinski definition) is 4. The Morgan fingerprint density at radius 3 is 2.55 bits per heavy atom. The Morgan fingerprint density at radius 2 is 1.80 bits per heavy atom. The van der Waals surface area contributed by atoms with Crippen LogP contribution in [-0.2, 0) is 0 Å². The van der Waals surface area contributed by atoms with Gasteiger partial charge in [0.25, 0.3) is 0 Å². The first kappa shape index (κ1) is 12.8. The second kappa shape index (κ2) is 5.06. The summed E-state index contributed by atoms with van der Waals surface area (Å²) in [6, 6.07) is 9.93. The van der Waals surface area contributed by atoms with Crippen LogP contribution in [-0.4, -0.2) is 19.0 Å². The number of nitrogen functional groups attached to an aromatic ring is 1. The average molecular weight is 290 g/mol. The maximum Gasteiger partial charge on any atom is 0.195 e. The van der Waals surface area contributed by atoms with Crippen molar-refractivity contribution in [1.29, 1.82) is 0 Å². The number of rotatable bonds is 2. The maximum absolute atomic E-state index is 12.4. The molecule has 102 valence electrons. The summed E-state index contributed by atoms with van der Waals surface area (Å²) in [4.78, 5) is 12.4. The van der Waals surface area contributed by atoms with Crippen LogP contribution in [0, 0.1) is 0 Å². The molecule has 2 N–H and O–H groups in total. The third kappa shape index (κ3) is 2.30. The quantitative estimate of drug-likeness (QED) is 0.682. The number of ether oxygens (including phenoxy) is 2. The zero-order valence-electron chi connectivity index (χ0n) is 10.6. The Kier molecular flexibility index (Phi) is 3.24. The third-order valence-corrected chi connectivity index (χ3v) is 3.30. The molecule has 0 saturated heterocycles. The van der Waals surface area contributed by atoms with E-state index in [4.69, 9.17) is 26.8 Å². The van der Waals surface area contributed by atoms with Gasteiger partial charge in [0.2, 0.25) is 0 Å². The molecule has 1 aliphatic rings. The summed E-state index contributed by atoms with van der Waals surface area (Å²) in [6.07, 6.45) is 0. The second-order valence-electron chi connectivity index (χ2n) is 4.42. The van der Waals surface area contributed by atoms with Crippen LogP contribution < -0.4 is 15.2 Å². The smallest absolute Gasteiger partial charge is 0.195 e. The molecule has 0 spiro atoms. The highest BCUT2D eigenvalue weighted by Gasteiger charge is 2.17. The monoisotopic (exact) mass is 289 g/mol. The molecule has 0 saturated carbocycles. The Morgan fingerprint density at radius 1 is 1.05 bits per heavy atom. The first-order valence-electron chi connectivity index (χ1n) is 6.14. The van der Waals surface area contributed by atoms with Crippen LogP contribution in [0.15, 0.2) is 36.4 Å². The fourth-order valence-electron chi connectivity index (χ4n) is 2.08. The molecular weight excluding hydrogens is 278 g/mol. The molecule has 4 nitrogen and oxygen atoms in total. The van der Waals surface area contributed by atoms with E-state index in [1.165, 1.54) is 0 Å². The van der Waals surface area contributed by atoms with E-state index >= 15 is 0 Å². The summed E-state index contributed by atoms with van der Waals surface area (Å²) >= 11 is 5.83. The molecule has 1 aliphatic heterocycles. The summed E-state index contributed by atoms with van der Waals surface area (Å²) in [5, 5.41) is 0.501. The number of carbonyl (C=O) groups excluding carboxylic acids is 1. The van der Waals surface area contributed by atoms with Gasteiger partial charge in [0, 0.05) is 21.8 Å². The molecule has 0 radical (unpaired) electrons. The molecule has 0 atom stereocenters. The molecule has 20 heavy (non-hydrogen) atoms. The standard InChI is InChI=1S/C15H12ClNO3/c16-10-2-3-11(12(17)8-10)15(18)9-1-4-13-14(7-9)20-6-5-19-13/h1-4,7-8H,5-6,17H2. The van der Waals surface area contributed by atoms with Crippen LogP contribution >= 0.6 is 11.6 Å². The van der Waals surface area contributed by atoms with Crippen molar-refractivity contribution >= 4 is 23.1 Å². The summed E-state index contributed by atoms with van der Waals surface area (Å²) in [5.41, 5.74) is 7.12. The van der Waals surface area contributed by atoms with Crippen molar-refractivity contribution in [3.8, 4) is 11.5 Å². The molecular formula is C15H12ClNO3. The van der Waals surface area contributed by atoms with Crippen molar-refractivity contribution in [1.82, 2.24) is 0 Å². The number of benzene rings is 2. The lowest BCUT2D eigenvalue weighted by molar-refractivity contribution is 0.103. The van der Waals surface area contributed by atoms with Gasteiger partial charge in [-0.15, -0.1) is 0 Å². The molecule has 0 aliphatic carbocycles. The average Bonchev–Trinajstić information content (AvgIpc) is 2.46. The van der Waals surface area contributed by atoms with Gasteiger partial charge in [-0.25, -0.2) is 0 Å². The highest BCUT2D eigenvalue weighted by atomic mass is 35.5. The largest absolute Gasteiger partial charge is 0.486 e. The van der Waals surface area contributed by atoms with Gasteiger partial charge in [0.15, 0.2) is 17.3 Å². The number of fused-ring (bicyclic) bond motifs is 1. The minimum atomic E-state index is -0.170. The van der Waals surface area contributed by atoms with Crippen molar-refractivity contribution in [3.63, 3.8) is 0 Å². The topological polar surface area (TPSA) is 61.6 Å². The van der Waals surface area contributed by atoms with Gasteiger partial charge in [0.05, 0.1) is 0 Å². The maximum atomic E-state index is 12.4. The molecule has 5 heteroatoms. The van der Waals surface area contributed by atoms with Crippen LogP contribution in [0.3, 0.4) is 0 Å². The summed E-state index contributed by atoms with van der Waals surface area (Å²) in [5.74, 6) is 1.06. The van der Waals surface area contributed by atoms with E-state index in [9.17, 15) is 4.79 Å². The number of hydrogen-bond donors (Lipinski definition) is 1. The van der Waals surface area contributed by atoms with Crippen molar-refractivity contribution in [2.45, 2.75) is 0 Å². The number of nitrogens with two attached hydrogens (primary N) is 1. The van der Waals surface area contributed by atoms with Gasteiger partial charge in [-0.1, -0.05) is 11.6 Å². The fourth-order valence-corrected chi connectivity index (χ4v) is 2.26. The van der Waals surface area contributed by atoms with E-state index in [1.54, 1.807) is 36.4 Å². The minimum absolute atomic E-state index is 0.170. The van der Waals surface area contributed by atoms with Gasteiger partial charge in [-0.3, -0.25) is 4.79 Å². The summed E-state index contributed by atoms with van der Waals surface area (Å²) < 4.78 is 10.9. The zero-order valence-corrected chi connectivity index (χ0v) is 11.3. The first-order valence-corrected chi connectivity index (χ1v) is 6.52. The van der Waals surface area contributed by atoms with Crippen LogP contribution in [0.2, 0.25) is 5.02 Å². The highest BCUT2D eigenvalue weighted by molar-refractivity contribution is 6.31.